The molecule has 2 heterocycles. The van der Waals surface area contributed by atoms with Gasteiger partial charge in [-0.2, -0.15) is 0 Å². The van der Waals surface area contributed by atoms with Gasteiger partial charge in [-0.25, -0.2) is 4.79 Å². The molecule has 1 fully saturated rings. The van der Waals surface area contributed by atoms with Gasteiger partial charge >= 0.3 is 6.03 Å². The molecule has 8 heteroatoms. The summed E-state index contributed by atoms with van der Waals surface area (Å²) in [6.45, 7) is 1.76. The molecule has 25 heavy (non-hydrogen) atoms. The van der Waals surface area contributed by atoms with Gasteiger partial charge in [0.05, 0.1) is 17.3 Å². The molecule has 1 aliphatic heterocycles. The molecule has 1 saturated heterocycles. The van der Waals surface area contributed by atoms with Crippen molar-refractivity contribution in [2.24, 2.45) is 0 Å². The van der Waals surface area contributed by atoms with Gasteiger partial charge in [-0.05, 0) is 37.5 Å². The molecule has 0 unspecified atom stereocenters. The monoisotopic (exact) mass is 362 g/mol. The zero-order valence-electron chi connectivity index (χ0n) is 13.6. The standard InChI is InChI=1S/C17H19ClN4O3/c18-14-5-4-12(16(23)22-7-2-1-3-8-22)10-15(14)20-17(24)19-11-13-6-9-25-21-13/h4-6,9-10H,1-3,7-8,11H2,(H2,19,20,24). The smallest absolute Gasteiger partial charge is 0.319 e. The van der Waals surface area contributed by atoms with Crippen molar-refractivity contribution in [1.29, 1.82) is 0 Å². The number of aromatic nitrogens is 1. The molecule has 7 nitrogen and oxygen atoms in total. The zero-order chi connectivity index (χ0) is 17.6. The van der Waals surface area contributed by atoms with Crippen molar-refractivity contribution >= 4 is 29.2 Å². The van der Waals surface area contributed by atoms with E-state index in [0.29, 0.717) is 22.0 Å². The normalized spacial score (nSPS) is 14.2. The molecular formula is C17H19ClN4O3. The van der Waals surface area contributed by atoms with E-state index in [0.717, 1.165) is 32.4 Å². The number of halogens is 1. The van der Waals surface area contributed by atoms with Gasteiger partial charge in [0.2, 0.25) is 0 Å². The topological polar surface area (TPSA) is 87.5 Å². The van der Waals surface area contributed by atoms with Crippen LogP contribution in [0.4, 0.5) is 10.5 Å². The number of nitrogens with one attached hydrogen (secondary N) is 2. The number of nitrogens with zero attached hydrogens (tertiary/aromatic N) is 2. The third-order valence-electron chi connectivity index (χ3n) is 4.03. The number of benzene rings is 1. The largest absolute Gasteiger partial charge is 0.364 e. The van der Waals surface area contributed by atoms with Crippen molar-refractivity contribution in [1.82, 2.24) is 15.4 Å². The van der Waals surface area contributed by atoms with Gasteiger partial charge in [0.25, 0.3) is 5.91 Å². The van der Waals surface area contributed by atoms with Crippen LogP contribution in [0.5, 0.6) is 0 Å². The summed E-state index contributed by atoms with van der Waals surface area (Å²) < 4.78 is 4.70. The molecule has 1 aromatic heterocycles. The summed E-state index contributed by atoms with van der Waals surface area (Å²) in [4.78, 5) is 26.4. The van der Waals surface area contributed by atoms with E-state index in [-0.39, 0.29) is 12.5 Å². The summed E-state index contributed by atoms with van der Waals surface area (Å²) in [5, 5.41) is 9.38. The van der Waals surface area contributed by atoms with Gasteiger partial charge in [-0.1, -0.05) is 16.8 Å². The molecule has 0 radical (unpaired) electrons. The number of hydrogen-bond acceptors (Lipinski definition) is 4. The van der Waals surface area contributed by atoms with Crippen molar-refractivity contribution in [3.05, 3.63) is 46.8 Å². The zero-order valence-corrected chi connectivity index (χ0v) is 14.4. The number of amides is 3. The van der Waals surface area contributed by atoms with Gasteiger partial charge in [-0.3, -0.25) is 4.79 Å². The van der Waals surface area contributed by atoms with Crippen LogP contribution < -0.4 is 10.6 Å². The summed E-state index contributed by atoms with van der Waals surface area (Å²) in [5.74, 6) is -0.0394. The Balaban J connectivity index is 1.64. The first-order valence-electron chi connectivity index (χ1n) is 8.16. The van der Waals surface area contributed by atoms with Crippen LogP contribution in [0, 0.1) is 0 Å². The maximum atomic E-state index is 12.6. The number of hydrogen-bond donors (Lipinski definition) is 2. The van der Waals surface area contributed by atoms with Gasteiger partial charge in [0.1, 0.15) is 12.0 Å². The maximum Gasteiger partial charge on any atom is 0.319 e. The van der Waals surface area contributed by atoms with Gasteiger partial charge < -0.3 is 20.1 Å². The fourth-order valence-corrected chi connectivity index (χ4v) is 2.86. The second kappa shape index (κ2) is 8.02. The Kier molecular flexibility index (Phi) is 5.55. The van der Waals surface area contributed by atoms with E-state index in [1.165, 1.54) is 6.26 Å². The van der Waals surface area contributed by atoms with Crippen LogP contribution >= 0.6 is 11.6 Å². The molecular weight excluding hydrogens is 344 g/mol. The third-order valence-corrected chi connectivity index (χ3v) is 4.36. The second-order valence-electron chi connectivity index (χ2n) is 5.85. The number of urea groups is 1. The summed E-state index contributed by atoms with van der Waals surface area (Å²) >= 11 is 6.14. The summed E-state index contributed by atoms with van der Waals surface area (Å²) in [7, 11) is 0. The molecule has 0 aliphatic carbocycles. The predicted octanol–water partition coefficient (Wildman–Crippen LogP) is 3.28. The van der Waals surface area contributed by atoms with Crippen molar-refractivity contribution in [3.8, 4) is 0 Å². The molecule has 2 aromatic rings. The van der Waals surface area contributed by atoms with Gasteiger partial charge in [0, 0.05) is 24.7 Å². The maximum absolute atomic E-state index is 12.6. The molecule has 2 N–H and O–H groups in total. The fourth-order valence-electron chi connectivity index (χ4n) is 2.70. The average molecular weight is 363 g/mol. The number of anilines is 1. The Labute approximate surface area is 150 Å². The van der Waals surface area contributed by atoms with Crippen molar-refractivity contribution in [2.45, 2.75) is 25.8 Å². The Morgan fingerprint density at radius 1 is 1.20 bits per heavy atom. The van der Waals surface area contributed by atoms with Crippen LogP contribution in [0.1, 0.15) is 35.3 Å². The Hall–Kier alpha value is -2.54. The van der Waals surface area contributed by atoms with E-state index in [2.05, 4.69) is 15.8 Å². The van der Waals surface area contributed by atoms with Crippen LogP contribution in [-0.2, 0) is 6.54 Å². The van der Waals surface area contributed by atoms with Crippen LogP contribution in [0.25, 0.3) is 0 Å². The van der Waals surface area contributed by atoms with E-state index in [1.54, 1.807) is 24.3 Å². The van der Waals surface area contributed by atoms with Crippen molar-refractivity contribution in [2.75, 3.05) is 18.4 Å². The second-order valence-corrected chi connectivity index (χ2v) is 6.25. The number of carbonyl (C=O) groups excluding carboxylic acids is 2. The molecule has 132 valence electrons. The Morgan fingerprint density at radius 3 is 2.72 bits per heavy atom. The van der Waals surface area contributed by atoms with Crippen LogP contribution in [0.3, 0.4) is 0 Å². The Bertz CT molecular complexity index is 742. The number of likely N-dealkylation sites (tertiary alicyclic amines) is 1. The number of carbonyl (C=O) groups is 2. The molecule has 0 bridgehead atoms. The summed E-state index contributed by atoms with van der Waals surface area (Å²) in [5.41, 5.74) is 1.51. The minimum Gasteiger partial charge on any atom is -0.364 e. The highest BCUT2D eigenvalue weighted by Crippen LogP contribution is 2.24. The predicted molar refractivity (Wildman–Crippen MR) is 93.6 cm³/mol. The number of piperidine rings is 1. The first-order valence-corrected chi connectivity index (χ1v) is 8.54. The minimum absolute atomic E-state index is 0.0394. The van der Waals surface area contributed by atoms with Crippen LogP contribution in [0.15, 0.2) is 35.1 Å². The van der Waals surface area contributed by atoms with Crippen LogP contribution in [-0.4, -0.2) is 35.1 Å². The lowest BCUT2D eigenvalue weighted by atomic mass is 10.1. The molecule has 0 atom stereocenters. The minimum atomic E-state index is -0.438. The lowest BCUT2D eigenvalue weighted by molar-refractivity contribution is 0.0724. The van der Waals surface area contributed by atoms with Crippen LogP contribution in [0.2, 0.25) is 5.02 Å². The third kappa shape index (κ3) is 4.51. The average Bonchev–Trinajstić information content (AvgIpc) is 3.15. The molecule has 0 spiro atoms. The molecule has 3 rings (SSSR count). The van der Waals surface area contributed by atoms with E-state index in [4.69, 9.17) is 16.1 Å². The van der Waals surface area contributed by atoms with E-state index >= 15 is 0 Å². The molecule has 0 saturated carbocycles. The lowest BCUT2D eigenvalue weighted by Crippen LogP contribution is -2.35. The SMILES string of the molecule is O=C(NCc1ccon1)Nc1cc(C(=O)N2CCCCC2)ccc1Cl. The van der Waals surface area contributed by atoms with Gasteiger partial charge in [-0.15, -0.1) is 0 Å². The molecule has 1 aromatic carbocycles. The van der Waals surface area contributed by atoms with E-state index in [1.807, 2.05) is 4.90 Å². The molecule has 3 amide bonds. The van der Waals surface area contributed by atoms with E-state index < -0.39 is 6.03 Å². The highest BCUT2D eigenvalue weighted by Gasteiger charge is 2.19. The van der Waals surface area contributed by atoms with Crippen molar-refractivity contribution < 1.29 is 14.1 Å². The van der Waals surface area contributed by atoms with Gasteiger partial charge in [0.15, 0.2) is 0 Å². The highest BCUT2D eigenvalue weighted by molar-refractivity contribution is 6.33. The summed E-state index contributed by atoms with van der Waals surface area (Å²) in [6.07, 6.45) is 4.63. The number of rotatable bonds is 4. The first kappa shape index (κ1) is 17.3. The summed E-state index contributed by atoms with van der Waals surface area (Å²) in [6, 6.07) is 6.12. The fraction of sp³-hybridized carbons (Fsp3) is 0.353. The molecule has 1 aliphatic rings. The lowest BCUT2D eigenvalue weighted by Gasteiger charge is -2.27. The first-order chi connectivity index (χ1) is 12.1. The Morgan fingerprint density at radius 2 is 2.00 bits per heavy atom. The van der Waals surface area contributed by atoms with E-state index in [9.17, 15) is 9.59 Å². The van der Waals surface area contributed by atoms with Crippen molar-refractivity contribution in [3.63, 3.8) is 0 Å². The quantitative estimate of drug-likeness (QED) is 0.873. The highest BCUT2D eigenvalue weighted by atomic mass is 35.5.